The predicted octanol–water partition coefficient (Wildman–Crippen LogP) is 6.72. The van der Waals surface area contributed by atoms with Crippen LogP contribution in [0.4, 0.5) is 24.5 Å². The fourth-order valence-electron chi connectivity index (χ4n) is 3.73. The minimum Gasteiger partial charge on any atom is -0.360 e. The summed E-state index contributed by atoms with van der Waals surface area (Å²) in [6.07, 6.45) is -2.60. The van der Waals surface area contributed by atoms with Gasteiger partial charge in [0.25, 0.3) is 0 Å². The lowest BCUT2D eigenvalue weighted by atomic mass is 10.0. The van der Waals surface area contributed by atoms with Gasteiger partial charge in [0.1, 0.15) is 11.9 Å². The van der Waals surface area contributed by atoms with Crippen molar-refractivity contribution >= 4 is 22.8 Å². The van der Waals surface area contributed by atoms with Gasteiger partial charge in [-0.2, -0.15) is 13.2 Å². The van der Waals surface area contributed by atoms with Crippen LogP contribution in [0.3, 0.4) is 0 Å². The molecule has 1 heterocycles. The van der Waals surface area contributed by atoms with Crippen molar-refractivity contribution in [2.24, 2.45) is 4.99 Å². The predicted molar refractivity (Wildman–Crippen MR) is 125 cm³/mol. The maximum atomic E-state index is 13.5. The highest BCUT2D eigenvalue weighted by Gasteiger charge is 2.37. The third-order valence-electron chi connectivity index (χ3n) is 5.39. The fourth-order valence-corrected chi connectivity index (χ4v) is 3.73. The normalized spacial score (nSPS) is 16.2. The van der Waals surface area contributed by atoms with Crippen molar-refractivity contribution in [3.05, 3.63) is 95.6 Å². The van der Waals surface area contributed by atoms with Gasteiger partial charge in [-0.15, -0.1) is 0 Å². The molecule has 1 saturated heterocycles. The van der Waals surface area contributed by atoms with Gasteiger partial charge >= 0.3 is 6.18 Å². The van der Waals surface area contributed by atoms with Crippen molar-refractivity contribution in [1.29, 1.82) is 5.41 Å². The molecule has 1 aliphatic heterocycles. The van der Waals surface area contributed by atoms with Crippen molar-refractivity contribution in [3.8, 4) is 0 Å². The standard InChI is InChI=1S/C26H24F3N3O/c27-26(28,29)25(30)21-17-20(14-15-22(21)32-23-13-7-8-16-33-23)31-24(18-9-3-1-4-10-18)19-11-5-2-6-12-19/h1-6,9-12,14-15,17,23,30,32H,7-8,13,16H2. The van der Waals surface area contributed by atoms with Gasteiger partial charge < -0.3 is 10.1 Å². The van der Waals surface area contributed by atoms with Gasteiger partial charge in [-0.3, -0.25) is 5.41 Å². The van der Waals surface area contributed by atoms with Crippen molar-refractivity contribution in [2.45, 2.75) is 31.7 Å². The molecular weight excluding hydrogens is 427 g/mol. The largest absolute Gasteiger partial charge is 0.433 e. The number of nitrogens with zero attached hydrogens (tertiary/aromatic N) is 1. The molecule has 0 aromatic heterocycles. The zero-order chi connectivity index (χ0) is 23.3. The Morgan fingerprint density at radius 3 is 2.09 bits per heavy atom. The molecule has 2 N–H and O–H groups in total. The van der Waals surface area contributed by atoms with E-state index in [2.05, 4.69) is 5.32 Å². The van der Waals surface area contributed by atoms with Crippen molar-refractivity contribution < 1.29 is 17.9 Å². The van der Waals surface area contributed by atoms with Crippen LogP contribution in [0.5, 0.6) is 0 Å². The van der Waals surface area contributed by atoms with E-state index in [0.29, 0.717) is 24.4 Å². The van der Waals surface area contributed by atoms with E-state index >= 15 is 0 Å². The number of halogens is 3. The number of rotatable bonds is 6. The zero-order valence-electron chi connectivity index (χ0n) is 17.9. The van der Waals surface area contributed by atoms with Crippen LogP contribution in [0.1, 0.15) is 36.0 Å². The van der Waals surface area contributed by atoms with Crippen molar-refractivity contribution in [1.82, 2.24) is 0 Å². The molecule has 4 nitrogen and oxygen atoms in total. The van der Waals surface area contributed by atoms with Crippen LogP contribution < -0.4 is 5.32 Å². The van der Waals surface area contributed by atoms with Crippen LogP contribution in [0.15, 0.2) is 83.9 Å². The molecule has 1 fully saturated rings. The molecule has 3 aromatic rings. The van der Waals surface area contributed by atoms with Crippen LogP contribution in [0, 0.1) is 5.41 Å². The number of hydrogen-bond donors (Lipinski definition) is 2. The molecule has 4 rings (SSSR count). The number of anilines is 1. The minimum absolute atomic E-state index is 0.212. The van der Waals surface area contributed by atoms with Crippen LogP contribution in [-0.2, 0) is 4.74 Å². The molecule has 1 atom stereocenters. The summed E-state index contributed by atoms with van der Waals surface area (Å²) in [7, 11) is 0. The van der Waals surface area contributed by atoms with E-state index in [1.54, 1.807) is 12.1 Å². The number of ether oxygens (including phenoxy) is 1. The molecule has 0 saturated carbocycles. The number of alkyl halides is 3. The molecule has 1 unspecified atom stereocenters. The van der Waals surface area contributed by atoms with Gasteiger partial charge in [0, 0.05) is 29.0 Å². The van der Waals surface area contributed by atoms with Crippen molar-refractivity contribution in [2.75, 3.05) is 11.9 Å². The van der Waals surface area contributed by atoms with Gasteiger partial charge in [-0.1, -0.05) is 60.7 Å². The third kappa shape index (κ3) is 5.68. The Kier molecular flexibility index (Phi) is 6.89. The second kappa shape index (κ2) is 10.0. The third-order valence-corrected chi connectivity index (χ3v) is 5.39. The lowest BCUT2D eigenvalue weighted by Crippen LogP contribution is -2.29. The molecule has 0 amide bonds. The monoisotopic (exact) mass is 451 g/mol. The minimum atomic E-state index is -4.78. The van der Waals surface area contributed by atoms with E-state index in [-0.39, 0.29) is 17.5 Å². The summed E-state index contributed by atoms with van der Waals surface area (Å²) in [5, 5.41) is 10.8. The van der Waals surface area contributed by atoms with E-state index in [0.717, 1.165) is 24.0 Å². The molecule has 1 aliphatic rings. The summed E-state index contributed by atoms with van der Waals surface area (Å²) in [4.78, 5) is 4.71. The Labute approximate surface area is 190 Å². The maximum Gasteiger partial charge on any atom is 0.433 e. The summed E-state index contributed by atoms with van der Waals surface area (Å²) >= 11 is 0. The molecule has 7 heteroatoms. The SMILES string of the molecule is N=C(c1cc(N=C(c2ccccc2)c2ccccc2)ccc1NC1CCCCO1)C(F)(F)F. The number of nitrogens with one attached hydrogen (secondary N) is 2. The summed E-state index contributed by atoms with van der Waals surface area (Å²) < 4.78 is 46.1. The van der Waals surface area contributed by atoms with Crippen molar-refractivity contribution in [3.63, 3.8) is 0 Å². The smallest absolute Gasteiger partial charge is 0.360 e. The van der Waals surface area contributed by atoms with Crippen LogP contribution in [0.2, 0.25) is 0 Å². The molecule has 3 aromatic carbocycles. The molecule has 0 aliphatic carbocycles. The zero-order valence-corrected chi connectivity index (χ0v) is 17.9. The molecule has 33 heavy (non-hydrogen) atoms. The first-order valence-electron chi connectivity index (χ1n) is 10.8. The molecule has 170 valence electrons. The van der Waals surface area contributed by atoms with Crippen LogP contribution >= 0.6 is 0 Å². The number of benzene rings is 3. The quantitative estimate of drug-likeness (QED) is 0.409. The Balaban J connectivity index is 1.77. The average molecular weight is 451 g/mol. The number of hydrogen-bond acceptors (Lipinski definition) is 4. The first kappa shape index (κ1) is 22.7. The van der Waals surface area contributed by atoms with E-state index in [1.807, 2.05) is 60.7 Å². The lowest BCUT2D eigenvalue weighted by Gasteiger charge is -2.26. The van der Waals surface area contributed by atoms with Gasteiger partial charge in [0.05, 0.1) is 11.4 Å². The Morgan fingerprint density at radius 1 is 0.909 bits per heavy atom. The lowest BCUT2D eigenvalue weighted by molar-refractivity contribution is -0.0587. The van der Waals surface area contributed by atoms with E-state index in [9.17, 15) is 13.2 Å². The summed E-state index contributed by atoms with van der Waals surface area (Å²) in [5.74, 6) is 0. The van der Waals surface area contributed by atoms with E-state index in [1.165, 1.54) is 6.07 Å². The highest BCUT2D eigenvalue weighted by atomic mass is 19.4. The van der Waals surface area contributed by atoms with Gasteiger partial charge in [-0.25, -0.2) is 4.99 Å². The molecule has 0 radical (unpaired) electrons. The Morgan fingerprint density at radius 2 is 1.55 bits per heavy atom. The van der Waals surface area contributed by atoms with Gasteiger partial charge in [0.2, 0.25) is 0 Å². The first-order chi connectivity index (χ1) is 15.9. The summed E-state index contributed by atoms with van der Waals surface area (Å²) in [5.41, 5.74) is 1.19. The second-order valence-electron chi connectivity index (χ2n) is 7.79. The van der Waals surface area contributed by atoms with Crippen LogP contribution in [0.25, 0.3) is 0 Å². The Bertz CT molecular complexity index is 1080. The number of aliphatic imine (C=N–C) groups is 1. The molecule has 0 bridgehead atoms. The second-order valence-corrected chi connectivity index (χ2v) is 7.79. The van der Waals surface area contributed by atoms with E-state index < -0.39 is 11.9 Å². The maximum absolute atomic E-state index is 13.5. The highest BCUT2D eigenvalue weighted by Crippen LogP contribution is 2.31. The molecule has 0 spiro atoms. The Hall–Kier alpha value is -3.45. The molecular formula is C26H24F3N3O. The van der Waals surface area contributed by atoms with E-state index in [4.69, 9.17) is 15.1 Å². The first-order valence-corrected chi connectivity index (χ1v) is 10.8. The van der Waals surface area contributed by atoms with Gasteiger partial charge in [-0.05, 0) is 37.5 Å². The van der Waals surface area contributed by atoms with Crippen LogP contribution in [-0.4, -0.2) is 30.4 Å². The fraction of sp³-hybridized carbons (Fsp3) is 0.231. The van der Waals surface area contributed by atoms with Gasteiger partial charge in [0.15, 0.2) is 0 Å². The summed E-state index contributed by atoms with van der Waals surface area (Å²) in [6.45, 7) is 0.559. The highest BCUT2D eigenvalue weighted by molar-refractivity contribution is 6.14. The topological polar surface area (TPSA) is 57.5 Å². The summed E-state index contributed by atoms with van der Waals surface area (Å²) in [6, 6.07) is 23.4. The average Bonchev–Trinajstić information content (AvgIpc) is 2.84.